The van der Waals surface area contributed by atoms with Gasteiger partial charge in [0, 0.05) is 5.41 Å². The molecule has 108 valence electrons. The summed E-state index contributed by atoms with van der Waals surface area (Å²) in [6.45, 7) is 7.20. The highest BCUT2D eigenvalue weighted by Crippen LogP contribution is 2.41. The average molecular weight is 266 g/mol. The van der Waals surface area contributed by atoms with Crippen molar-refractivity contribution in [2.45, 2.75) is 59.8 Å². The van der Waals surface area contributed by atoms with Gasteiger partial charge >= 0.3 is 5.97 Å². The van der Waals surface area contributed by atoms with Crippen molar-refractivity contribution in [2.75, 3.05) is 7.11 Å². The van der Waals surface area contributed by atoms with E-state index in [1.807, 2.05) is 13.8 Å². The third-order valence-electron chi connectivity index (χ3n) is 4.71. The molecule has 0 atom stereocenters. The number of hydrogen-bond acceptors (Lipinski definition) is 3. The number of carbonyl (C=O) groups is 2. The Kier molecular flexibility index (Phi) is 4.94. The van der Waals surface area contributed by atoms with Crippen molar-refractivity contribution >= 4 is 11.8 Å². The summed E-state index contributed by atoms with van der Waals surface area (Å²) in [5.74, 6) is -0.312. The van der Waals surface area contributed by atoms with Crippen molar-refractivity contribution in [3.05, 3.63) is 11.6 Å². The van der Waals surface area contributed by atoms with Crippen LogP contribution in [0, 0.1) is 10.8 Å². The van der Waals surface area contributed by atoms with Crippen molar-refractivity contribution in [3.8, 4) is 0 Å². The molecule has 0 spiro atoms. The van der Waals surface area contributed by atoms with E-state index in [-0.39, 0.29) is 11.8 Å². The zero-order valence-electron chi connectivity index (χ0n) is 12.8. The maximum absolute atomic E-state index is 12.5. The van der Waals surface area contributed by atoms with Crippen LogP contribution in [0.25, 0.3) is 0 Å². The third kappa shape index (κ3) is 3.26. The van der Waals surface area contributed by atoms with E-state index in [1.165, 1.54) is 31.9 Å². The Morgan fingerprint density at radius 1 is 1.00 bits per heavy atom. The summed E-state index contributed by atoms with van der Waals surface area (Å²) in [6, 6.07) is 0. The smallest absolute Gasteiger partial charge is 0.312 e. The van der Waals surface area contributed by atoms with Crippen molar-refractivity contribution in [1.82, 2.24) is 0 Å². The average Bonchev–Trinajstić information content (AvgIpc) is 2.38. The summed E-state index contributed by atoms with van der Waals surface area (Å²) < 4.78 is 4.83. The van der Waals surface area contributed by atoms with E-state index in [4.69, 9.17) is 4.74 Å². The van der Waals surface area contributed by atoms with Gasteiger partial charge in [-0.1, -0.05) is 25.8 Å². The summed E-state index contributed by atoms with van der Waals surface area (Å²) >= 11 is 0. The molecule has 0 bridgehead atoms. The van der Waals surface area contributed by atoms with Crippen molar-refractivity contribution in [1.29, 1.82) is 0 Å². The van der Waals surface area contributed by atoms with E-state index in [0.29, 0.717) is 0 Å². The van der Waals surface area contributed by atoms with Gasteiger partial charge in [0.25, 0.3) is 0 Å². The highest BCUT2D eigenvalue weighted by Gasteiger charge is 2.48. The van der Waals surface area contributed by atoms with Crippen LogP contribution < -0.4 is 0 Å². The molecule has 0 aliphatic heterocycles. The fraction of sp³-hybridized carbons (Fsp3) is 0.750. The summed E-state index contributed by atoms with van der Waals surface area (Å²) in [6.07, 6.45) is 7.38. The lowest BCUT2D eigenvalue weighted by Crippen LogP contribution is -2.45. The number of ketones is 1. The van der Waals surface area contributed by atoms with E-state index < -0.39 is 10.8 Å². The molecule has 3 heteroatoms. The van der Waals surface area contributed by atoms with Crippen LogP contribution in [-0.2, 0) is 14.3 Å². The number of hydrogen-bond donors (Lipinski definition) is 0. The Morgan fingerprint density at radius 3 is 2.00 bits per heavy atom. The molecule has 1 saturated carbocycles. The molecule has 1 aliphatic rings. The summed E-state index contributed by atoms with van der Waals surface area (Å²) in [4.78, 5) is 24.4. The van der Waals surface area contributed by atoms with E-state index in [2.05, 4.69) is 0 Å². The molecule has 0 heterocycles. The van der Waals surface area contributed by atoms with Crippen LogP contribution in [0.5, 0.6) is 0 Å². The third-order valence-corrected chi connectivity index (χ3v) is 4.71. The predicted molar refractivity (Wildman–Crippen MR) is 75.8 cm³/mol. The molecule has 19 heavy (non-hydrogen) atoms. The Bertz CT molecular complexity index is 381. The lowest BCUT2D eigenvalue weighted by Gasteiger charge is -2.37. The number of allylic oxidation sites excluding steroid dienone is 2. The minimum absolute atomic E-state index is 0.0276. The number of esters is 1. The molecule has 0 aromatic heterocycles. The zero-order valence-corrected chi connectivity index (χ0v) is 12.8. The first-order valence-electron chi connectivity index (χ1n) is 7.06. The lowest BCUT2D eigenvalue weighted by atomic mass is 9.65. The molecule has 0 unspecified atom stereocenters. The van der Waals surface area contributed by atoms with Crippen LogP contribution in [0.3, 0.4) is 0 Å². The fourth-order valence-electron chi connectivity index (χ4n) is 2.33. The van der Waals surface area contributed by atoms with Crippen LogP contribution in [0.4, 0.5) is 0 Å². The van der Waals surface area contributed by atoms with Gasteiger partial charge in [-0.3, -0.25) is 9.59 Å². The maximum atomic E-state index is 12.5. The number of rotatable bonds is 4. The molecule has 1 aliphatic carbocycles. The first-order valence-corrected chi connectivity index (χ1v) is 7.06. The summed E-state index contributed by atoms with van der Waals surface area (Å²) in [7, 11) is 1.37. The van der Waals surface area contributed by atoms with Gasteiger partial charge < -0.3 is 4.74 Å². The minimum atomic E-state index is -0.829. The van der Waals surface area contributed by atoms with E-state index >= 15 is 0 Å². The van der Waals surface area contributed by atoms with Crippen molar-refractivity contribution in [3.63, 3.8) is 0 Å². The molecule has 0 aromatic carbocycles. The largest absolute Gasteiger partial charge is 0.469 e. The van der Waals surface area contributed by atoms with Gasteiger partial charge in [-0.25, -0.2) is 0 Å². The second kappa shape index (κ2) is 5.89. The van der Waals surface area contributed by atoms with Gasteiger partial charge in [-0.2, -0.15) is 0 Å². The van der Waals surface area contributed by atoms with E-state index in [0.717, 1.165) is 12.8 Å². The molecular formula is C16H26O3. The van der Waals surface area contributed by atoms with Crippen molar-refractivity contribution < 1.29 is 14.3 Å². The molecular weight excluding hydrogens is 240 g/mol. The molecule has 1 fully saturated rings. The van der Waals surface area contributed by atoms with Crippen LogP contribution >= 0.6 is 0 Å². The Balaban J connectivity index is 2.92. The topological polar surface area (TPSA) is 43.4 Å². The molecule has 0 aromatic rings. The molecule has 1 rings (SSSR count). The number of carbonyl (C=O) groups excluding carboxylic acids is 2. The van der Waals surface area contributed by atoms with Gasteiger partial charge in [0.15, 0.2) is 5.78 Å². The second-order valence-electron chi connectivity index (χ2n) is 6.47. The lowest BCUT2D eigenvalue weighted by molar-refractivity contribution is -0.161. The first kappa shape index (κ1) is 15.9. The normalized spacial score (nSPS) is 17.0. The standard InChI is InChI=1S/C16H26O3/c1-15(2,16(3,4)14(18)19-5)13(17)11-12-9-7-6-8-10-12/h11H,6-10H2,1-5H3. The molecule has 0 radical (unpaired) electrons. The SMILES string of the molecule is COC(=O)C(C)(C)C(C)(C)C(=O)C=C1CCCCC1. The van der Waals surface area contributed by atoms with Crippen molar-refractivity contribution in [2.24, 2.45) is 10.8 Å². The Hall–Kier alpha value is -1.12. The molecule has 0 saturated heterocycles. The molecule has 0 N–H and O–H groups in total. The minimum Gasteiger partial charge on any atom is -0.469 e. The Labute approximate surface area is 116 Å². The summed E-state index contributed by atoms with van der Waals surface area (Å²) in [5.41, 5.74) is -0.361. The van der Waals surface area contributed by atoms with Gasteiger partial charge in [-0.05, 0) is 45.6 Å². The van der Waals surface area contributed by atoms with Crippen LogP contribution in [0.2, 0.25) is 0 Å². The Morgan fingerprint density at radius 2 is 1.53 bits per heavy atom. The monoisotopic (exact) mass is 266 g/mol. The number of ether oxygens (including phenoxy) is 1. The van der Waals surface area contributed by atoms with Gasteiger partial charge in [0.2, 0.25) is 0 Å². The van der Waals surface area contributed by atoms with Gasteiger partial charge in [-0.15, -0.1) is 0 Å². The van der Waals surface area contributed by atoms with Gasteiger partial charge in [0.05, 0.1) is 12.5 Å². The quantitative estimate of drug-likeness (QED) is 0.576. The molecule has 0 amide bonds. The van der Waals surface area contributed by atoms with E-state index in [9.17, 15) is 9.59 Å². The highest BCUT2D eigenvalue weighted by atomic mass is 16.5. The van der Waals surface area contributed by atoms with Crippen LogP contribution in [0.15, 0.2) is 11.6 Å². The second-order valence-corrected chi connectivity index (χ2v) is 6.47. The van der Waals surface area contributed by atoms with E-state index in [1.54, 1.807) is 19.9 Å². The predicted octanol–water partition coefficient (Wildman–Crippen LogP) is 3.67. The zero-order chi connectivity index (χ0) is 14.7. The highest BCUT2D eigenvalue weighted by molar-refractivity contribution is 5.99. The summed E-state index contributed by atoms with van der Waals surface area (Å²) in [5, 5.41) is 0. The van der Waals surface area contributed by atoms with Crippen LogP contribution in [0.1, 0.15) is 59.8 Å². The maximum Gasteiger partial charge on any atom is 0.312 e. The van der Waals surface area contributed by atoms with Gasteiger partial charge in [0.1, 0.15) is 0 Å². The molecule has 3 nitrogen and oxygen atoms in total. The number of methoxy groups -OCH3 is 1. The van der Waals surface area contributed by atoms with Crippen LogP contribution in [-0.4, -0.2) is 18.9 Å². The first-order chi connectivity index (χ1) is 8.73. The fourth-order valence-corrected chi connectivity index (χ4v) is 2.33.